The van der Waals surface area contributed by atoms with E-state index in [1.807, 2.05) is 12.1 Å². The SMILES string of the molecule is Cc1nc(C(=O)NCc2cccc(Cl)c2)n[nH]1. The molecule has 0 fully saturated rings. The molecule has 0 aliphatic heterocycles. The topological polar surface area (TPSA) is 70.7 Å². The monoisotopic (exact) mass is 250 g/mol. The highest BCUT2D eigenvalue weighted by molar-refractivity contribution is 6.30. The van der Waals surface area contributed by atoms with Crippen molar-refractivity contribution >= 4 is 17.5 Å². The molecule has 5 nitrogen and oxygen atoms in total. The number of carbonyl (C=O) groups is 1. The maximum Gasteiger partial charge on any atom is 0.291 e. The first-order valence-corrected chi connectivity index (χ1v) is 5.44. The number of halogens is 1. The van der Waals surface area contributed by atoms with Gasteiger partial charge >= 0.3 is 0 Å². The molecule has 2 N–H and O–H groups in total. The Bertz CT molecular complexity index is 538. The molecule has 0 atom stereocenters. The average molecular weight is 251 g/mol. The van der Waals surface area contributed by atoms with Crippen LogP contribution in [0.2, 0.25) is 5.02 Å². The van der Waals surface area contributed by atoms with E-state index < -0.39 is 0 Å². The number of nitrogens with one attached hydrogen (secondary N) is 2. The van der Waals surface area contributed by atoms with E-state index in [4.69, 9.17) is 11.6 Å². The van der Waals surface area contributed by atoms with Crippen LogP contribution in [0.25, 0.3) is 0 Å². The smallest absolute Gasteiger partial charge is 0.291 e. The van der Waals surface area contributed by atoms with E-state index in [9.17, 15) is 4.79 Å². The van der Waals surface area contributed by atoms with E-state index in [0.717, 1.165) is 5.56 Å². The Morgan fingerprint density at radius 3 is 3.00 bits per heavy atom. The van der Waals surface area contributed by atoms with E-state index in [-0.39, 0.29) is 11.7 Å². The van der Waals surface area contributed by atoms with Gasteiger partial charge in [0.1, 0.15) is 5.82 Å². The van der Waals surface area contributed by atoms with Crippen molar-refractivity contribution in [1.29, 1.82) is 0 Å². The fraction of sp³-hybridized carbons (Fsp3) is 0.182. The number of hydrogen-bond donors (Lipinski definition) is 2. The van der Waals surface area contributed by atoms with Crippen LogP contribution in [0.15, 0.2) is 24.3 Å². The number of amides is 1. The molecule has 0 saturated heterocycles. The predicted molar refractivity (Wildman–Crippen MR) is 63.7 cm³/mol. The van der Waals surface area contributed by atoms with E-state index in [1.54, 1.807) is 19.1 Å². The minimum atomic E-state index is -0.311. The summed E-state index contributed by atoms with van der Waals surface area (Å²) in [7, 11) is 0. The van der Waals surface area contributed by atoms with Gasteiger partial charge in [0, 0.05) is 11.6 Å². The van der Waals surface area contributed by atoms with E-state index >= 15 is 0 Å². The third-order valence-corrected chi connectivity index (χ3v) is 2.38. The highest BCUT2D eigenvalue weighted by atomic mass is 35.5. The molecule has 0 saturated carbocycles. The number of rotatable bonds is 3. The van der Waals surface area contributed by atoms with Crippen molar-refractivity contribution in [2.75, 3.05) is 0 Å². The van der Waals surface area contributed by atoms with Crippen LogP contribution < -0.4 is 5.32 Å². The number of aromatic nitrogens is 3. The molecule has 2 aromatic rings. The summed E-state index contributed by atoms with van der Waals surface area (Å²) < 4.78 is 0. The summed E-state index contributed by atoms with van der Waals surface area (Å²) in [6.45, 7) is 2.13. The molecule has 1 heterocycles. The predicted octanol–water partition coefficient (Wildman–Crippen LogP) is 1.70. The highest BCUT2D eigenvalue weighted by Gasteiger charge is 2.10. The molecular formula is C11H11ClN4O. The highest BCUT2D eigenvalue weighted by Crippen LogP contribution is 2.10. The van der Waals surface area contributed by atoms with Gasteiger partial charge in [-0.05, 0) is 24.6 Å². The zero-order valence-electron chi connectivity index (χ0n) is 9.20. The van der Waals surface area contributed by atoms with E-state index in [1.165, 1.54) is 0 Å². The summed E-state index contributed by atoms with van der Waals surface area (Å²) in [5.41, 5.74) is 0.929. The summed E-state index contributed by atoms with van der Waals surface area (Å²) in [6, 6.07) is 7.30. The van der Waals surface area contributed by atoms with Crippen LogP contribution in [-0.2, 0) is 6.54 Å². The molecule has 1 aromatic carbocycles. The Hall–Kier alpha value is -1.88. The van der Waals surface area contributed by atoms with Crippen LogP contribution in [-0.4, -0.2) is 21.1 Å². The van der Waals surface area contributed by atoms with Crippen LogP contribution in [0.5, 0.6) is 0 Å². The second-order valence-corrected chi connectivity index (χ2v) is 3.99. The van der Waals surface area contributed by atoms with Crippen molar-refractivity contribution in [2.45, 2.75) is 13.5 Å². The fourth-order valence-electron chi connectivity index (χ4n) is 1.35. The quantitative estimate of drug-likeness (QED) is 0.871. The van der Waals surface area contributed by atoms with Crippen molar-refractivity contribution in [2.24, 2.45) is 0 Å². The summed E-state index contributed by atoms with van der Waals surface area (Å²) in [6.07, 6.45) is 0. The Balaban J connectivity index is 1.97. The maximum absolute atomic E-state index is 11.6. The zero-order chi connectivity index (χ0) is 12.3. The van der Waals surface area contributed by atoms with Crippen LogP contribution in [0.4, 0.5) is 0 Å². The molecule has 0 aliphatic rings. The number of nitrogens with zero attached hydrogens (tertiary/aromatic N) is 2. The average Bonchev–Trinajstić information content (AvgIpc) is 2.73. The largest absolute Gasteiger partial charge is 0.345 e. The molecule has 1 aromatic heterocycles. The van der Waals surface area contributed by atoms with Gasteiger partial charge in [-0.1, -0.05) is 23.7 Å². The van der Waals surface area contributed by atoms with Crippen LogP contribution in [0.3, 0.4) is 0 Å². The minimum absolute atomic E-state index is 0.143. The van der Waals surface area contributed by atoms with Gasteiger partial charge in [0.2, 0.25) is 5.82 Å². The molecule has 1 amide bonds. The Morgan fingerprint density at radius 2 is 2.35 bits per heavy atom. The van der Waals surface area contributed by atoms with E-state index in [0.29, 0.717) is 17.4 Å². The lowest BCUT2D eigenvalue weighted by Gasteiger charge is -2.02. The van der Waals surface area contributed by atoms with Crippen LogP contribution in [0, 0.1) is 6.92 Å². The summed E-state index contributed by atoms with van der Waals surface area (Å²) in [4.78, 5) is 15.6. The second-order valence-electron chi connectivity index (χ2n) is 3.56. The second kappa shape index (κ2) is 4.97. The summed E-state index contributed by atoms with van der Waals surface area (Å²) in [5.74, 6) is 0.441. The first kappa shape index (κ1) is 11.6. The molecule has 0 spiro atoms. The van der Waals surface area contributed by atoms with Gasteiger partial charge < -0.3 is 5.32 Å². The first-order valence-electron chi connectivity index (χ1n) is 5.07. The van der Waals surface area contributed by atoms with Crippen molar-refractivity contribution in [3.8, 4) is 0 Å². The van der Waals surface area contributed by atoms with Crippen molar-refractivity contribution < 1.29 is 4.79 Å². The van der Waals surface area contributed by atoms with Gasteiger partial charge in [0.15, 0.2) is 0 Å². The van der Waals surface area contributed by atoms with Crippen LogP contribution in [0.1, 0.15) is 22.0 Å². The molecule has 88 valence electrons. The van der Waals surface area contributed by atoms with Crippen molar-refractivity contribution in [1.82, 2.24) is 20.5 Å². The van der Waals surface area contributed by atoms with Crippen molar-refractivity contribution in [3.05, 3.63) is 46.5 Å². The lowest BCUT2D eigenvalue weighted by Crippen LogP contribution is -2.24. The Morgan fingerprint density at radius 1 is 1.53 bits per heavy atom. The third kappa shape index (κ3) is 3.04. The number of aryl methyl sites for hydroxylation is 1. The van der Waals surface area contributed by atoms with Crippen LogP contribution >= 0.6 is 11.6 Å². The van der Waals surface area contributed by atoms with Gasteiger partial charge in [-0.3, -0.25) is 9.89 Å². The normalized spacial score (nSPS) is 10.2. The molecular weight excluding hydrogens is 240 g/mol. The Kier molecular flexibility index (Phi) is 3.39. The molecule has 0 bridgehead atoms. The standard InChI is InChI=1S/C11H11ClN4O/c1-7-14-10(16-15-7)11(17)13-6-8-3-2-4-9(12)5-8/h2-5H,6H2,1H3,(H,13,17)(H,14,15,16). The van der Waals surface area contributed by atoms with Gasteiger partial charge in [0.25, 0.3) is 5.91 Å². The molecule has 0 radical (unpaired) electrons. The number of aromatic amines is 1. The number of hydrogen-bond acceptors (Lipinski definition) is 3. The fourth-order valence-corrected chi connectivity index (χ4v) is 1.57. The minimum Gasteiger partial charge on any atom is -0.345 e. The van der Waals surface area contributed by atoms with Crippen molar-refractivity contribution in [3.63, 3.8) is 0 Å². The molecule has 0 aliphatic carbocycles. The number of carbonyl (C=O) groups excluding carboxylic acids is 1. The summed E-state index contributed by atoms with van der Waals surface area (Å²) >= 11 is 5.84. The molecule has 0 unspecified atom stereocenters. The maximum atomic E-state index is 11.6. The van der Waals surface area contributed by atoms with Gasteiger partial charge in [-0.2, -0.15) is 0 Å². The third-order valence-electron chi connectivity index (χ3n) is 2.14. The van der Waals surface area contributed by atoms with Gasteiger partial charge in [-0.25, -0.2) is 4.98 Å². The molecule has 17 heavy (non-hydrogen) atoms. The number of H-pyrrole nitrogens is 1. The van der Waals surface area contributed by atoms with E-state index in [2.05, 4.69) is 20.5 Å². The van der Waals surface area contributed by atoms with Gasteiger partial charge in [0.05, 0.1) is 0 Å². The summed E-state index contributed by atoms with van der Waals surface area (Å²) in [5, 5.41) is 9.74. The number of benzene rings is 1. The zero-order valence-corrected chi connectivity index (χ0v) is 9.95. The molecule has 6 heteroatoms. The lowest BCUT2D eigenvalue weighted by molar-refractivity contribution is 0.0941. The molecule has 2 rings (SSSR count). The first-order chi connectivity index (χ1) is 8.15. The Labute approximate surface area is 103 Å². The lowest BCUT2D eigenvalue weighted by atomic mass is 10.2. The van der Waals surface area contributed by atoms with Gasteiger partial charge in [-0.15, -0.1) is 5.10 Å².